The lowest BCUT2D eigenvalue weighted by atomic mass is 9.92. The van der Waals surface area contributed by atoms with Crippen LogP contribution < -0.4 is 4.74 Å². The Bertz CT molecular complexity index is 1020. The largest absolute Gasteiger partial charge is 0.457 e. The first kappa shape index (κ1) is 19.8. The molecule has 3 aromatic rings. The summed E-state index contributed by atoms with van der Waals surface area (Å²) in [5, 5.41) is 8.81. The topological polar surface area (TPSA) is 44.9 Å². The smallest absolute Gasteiger partial charge is 0.220 e. The molecule has 0 aliphatic heterocycles. The summed E-state index contributed by atoms with van der Waals surface area (Å²) in [6, 6.07) is 14.1. The number of aromatic nitrogens is 4. The van der Waals surface area contributed by atoms with Crippen molar-refractivity contribution < 1.29 is 4.74 Å². The van der Waals surface area contributed by atoms with Gasteiger partial charge in [0.2, 0.25) is 4.77 Å². The zero-order valence-electron chi connectivity index (χ0n) is 17.5. The fourth-order valence-corrected chi connectivity index (χ4v) is 3.77. The number of nitrogens with zero attached hydrogens (tertiary/aromatic N) is 4. The number of benzene rings is 2. The van der Waals surface area contributed by atoms with Crippen molar-refractivity contribution in [2.24, 2.45) is 5.92 Å². The van der Waals surface area contributed by atoms with Crippen LogP contribution in [0, 0.1) is 10.7 Å². The SMILES string of the molecule is CC(C)c1cc(Oc2ccccc2)cc(C(C)C)c1-n1nnn(CC2CC2)c1=S. The van der Waals surface area contributed by atoms with Crippen LogP contribution in [0.5, 0.6) is 11.5 Å². The van der Waals surface area contributed by atoms with Crippen molar-refractivity contribution in [3.63, 3.8) is 0 Å². The minimum atomic E-state index is 0.289. The van der Waals surface area contributed by atoms with E-state index >= 15 is 0 Å². The number of rotatable bonds is 7. The van der Waals surface area contributed by atoms with Gasteiger partial charge in [-0.2, -0.15) is 4.68 Å². The molecule has 0 spiro atoms. The van der Waals surface area contributed by atoms with Gasteiger partial charge in [-0.25, -0.2) is 4.68 Å². The van der Waals surface area contributed by atoms with Gasteiger partial charge in [-0.15, -0.1) is 0 Å². The van der Waals surface area contributed by atoms with Crippen LogP contribution in [-0.2, 0) is 6.54 Å². The summed E-state index contributed by atoms with van der Waals surface area (Å²) in [5.41, 5.74) is 3.37. The van der Waals surface area contributed by atoms with E-state index in [9.17, 15) is 0 Å². The molecule has 0 N–H and O–H groups in total. The Kier molecular flexibility index (Phi) is 5.54. The van der Waals surface area contributed by atoms with Crippen molar-refractivity contribution in [2.45, 2.75) is 58.9 Å². The maximum absolute atomic E-state index is 6.17. The van der Waals surface area contributed by atoms with Gasteiger partial charge in [0.1, 0.15) is 11.5 Å². The molecule has 1 aromatic heterocycles. The number of tetrazole rings is 1. The minimum absolute atomic E-state index is 0.289. The fraction of sp³-hybridized carbons (Fsp3) is 0.435. The third-order valence-corrected chi connectivity index (χ3v) is 5.73. The lowest BCUT2D eigenvalue weighted by Gasteiger charge is -2.21. The second-order valence-corrected chi connectivity index (χ2v) is 8.84. The van der Waals surface area contributed by atoms with Gasteiger partial charge in [-0.3, -0.25) is 0 Å². The predicted octanol–water partition coefficient (Wildman–Crippen LogP) is 6.25. The quantitative estimate of drug-likeness (QED) is 0.434. The first-order valence-corrected chi connectivity index (χ1v) is 10.8. The van der Waals surface area contributed by atoms with Crippen molar-refractivity contribution in [2.75, 3.05) is 0 Å². The first-order chi connectivity index (χ1) is 13.9. The highest BCUT2D eigenvalue weighted by Crippen LogP contribution is 2.37. The molecule has 2 aromatic carbocycles. The average molecular weight is 409 g/mol. The van der Waals surface area contributed by atoms with Crippen LogP contribution in [0.4, 0.5) is 0 Å². The van der Waals surface area contributed by atoms with Crippen molar-refractivity contribution in [1.29, 1.82) is 0 Å². The summed E-state index contributed by atoms with van der Waals surface area (Å²) in [4.78, 5) is 0. The van der Waals surface area contributed by atoms with Crippen molar-refractivity contribution in [3.05, 3.63) is 58.4 Å². The molecular formula is C23H28N4OS. The van der Waals surface area contributed by atoms with E-state index in [2.05, 4.69) is 50.3 Å². The molecule has 0 atom stereocenters. The summed E-state index contributed by atoms with van der Waals surface area (Å²) in [7, 11) is 0. The lowest BCUT2D eigenvalue weighted by molar-refractivity contribution is 0.480. The number of hydrogen-bond acceptors (Lipinski definition) is 4. The molecule has 0 unspecified atom stereocenters. The molecule has 1 heterocycles. The highest BCUT2D eigenvalue weighted by molar-refractivity contribution is 7.71. The summed E-state index contributed by atoms with van der Waals surface area (Å²) < 4.78 is 10.5. The molecule has 6 heteroatoms. The summed E-state index contributed by atoms with van der Waals surface area (Å²) in [6.07, 6.45) is 2.52. The van der Waals surface area contributed by atoms with Gasteiger partial charge >= 0.3 is 0 Å². The van der Waals surface area contributed by atoms with Crippen molar-refractivity contribution in [3.8, 4) is 17.2 Å². The fourth-order valence-electron chi connectivity index (χ4n) is 3.53. The summed E-state index contributed by atoms with van der Waals surface area (Å²) >= 11 is 5.75. The van der Waals surface area contributed by atoms with Crippen LogP contribution in [-0.4, -0.2) is 19.8 Å². The zero-order valence-corrected chi connectivity index (χ0v) is 18.3. The third kappa shape index (κ3) is 4.27. The van der Waals surface area contributed by atoms with Gasteiger partial charge in [-0.05, 0) is 88.6 Å². The second kappa shape index (κ2) is 8.11. The van der Waals surface area contributed by atoms with Crippen LogP contribution in [0.2, 0.25) is 0 Å². The summed E-state index contributed by atoms with van der Waals surface area (Å²) in [5.74, 6) is 2.94. The normalized spacial score (nSPS) is 14.0. The van der Waals surface area contributed by atoms with Crippen LogP contribution in [0.25, 0.3) is 5.69 Å². The second-order valence-electron chi connectivity index (χ2n) is 8.47. The van der Waals surface area contributed by atoms with E-state index in [0.29, 0.717) is 10.7 Å². The molecule has 1 aliphatic rings. The van der Waals surface area contributed by atoms with Crippen LogP contribution in [0.1, 0.15) is 63.5 Å². The summed E-state index contributed by atoms with van der Waals surface area (Å²) in [6.45, 7) is 9.61. The molecule has 1 fully saturated rings. The maximum atomic E-state index is 6.17. The molecule has 152 valence electrons. The van der Waals surface area contributed by atoms with E-state index in [-0.39, 0.29) is 11.8 Å². The molecule has 0 radical (unpaired) electrons. The van der Waals surface area contributed by atoms with E-state index in [0.717, 1.165) is 34.9 Å². The molecule has 5 nitrogen and oxygen atoms in total. The van der Waals surface area contributed by atoms with E-state index < -0.39 is 0 Å². The standard InChI is InChI=1S/C23H28N4OS/c1-15(2)20-12-19(28-18-8-6-5-7-9-18)13-21(16(3)4)22(20)27-23(29)26(24-25-27)14-17-10-11-17/h5-9,12-13,15-17H,10-11,14H2,1-4H3. The average Bonchev–Trinajstić information content (AvgIpc) is 3.45. The van der Waals surface area contributed by atoms with Crippen molar-refractivity contribution in [1.82, 2.24) is 19.8 Å². The Balaban J connectivity index is 1.82. The van der Waals surface area contributed by atoms with Crippen LogP contribution in [0.15, 0.2) is 42.5 Å². The van der Waals surface area contributed by atoms with Crippen LogP contribution in [0.3, 0.4) is 0 Å². The highest BCUT2D eigenvalue weighted by Gasteiger charge is 2.25. The monoisotopic (exact) mass is 408 g/mol. The van der Waals surface area contributed by atoms with Gasteiger partial charge in [0.25, 0.3) is 0 Å². The van der Waals surface area contributed by atoms with E-state index in [1.54, 1.807) is 0 Å². The number of ether oxygens (including phenoxy) is 1. The van der Waals surface area contributed by atoms with Gasteiger partial charge < -0.3 is 4.74 Å². The Morgan fingerprint density at radius 3 is 2.14 bits per heavy atom. The third-order valence-electron chi connectivity index (χ3n) is 5.34. The minimum Gasteiger partial charge on any atom is -0.457 e. The molecule has 4 rings (SSSR count). The van der Waals surface area contributed by atoms with Crippen LogP contribution >= 0.6 is 12.2 Å². The first-order valence-electron chi connectivity index (χ1n) is 10.4. The van der Waals surface area contributed by atoms with Gasteiger partial charge in [0.15, 0.2) is 0 Å². The van der Waals surface area contributed by atoms with Gasteiger partial charge in [0, 0.05) is 6.54 Å². The Labute approximate surface area is 177 Å². The van der Waals surface area contributed by atoms with Crippen molar-refractivity contribution >= 4 is 12.2 Å². The van der Waals surface area contributed by atoms with Gasteiger partial charge in [0.05, 0.1) is 5.69 Å². The molecular weight excluding hydrogens is 380 g/mol. The maximum Gasteiger partial charge on any atom is 0.220 e. The van der Waals surface area contributed by atoms with E-state index in [4.69, 9.17) is 17.0 Å². The molecule has 1 saturated carbocycles. The predicted molar refractivity (Wildman–Crippen MR) is 118 cm³/mol. The Hall–Kier alpha value is -2.47. The molecule has 0 saturated heterocycles. The highest BCUT2D eigenvalue weighted by atomic mass is 32.1. The molecule has 1 aliphatic carbocycles. The van der Waals surface area contributed by atoms with Gasteiger partial charge in [-0.1, -0.05) is 45.9 Å². The van der Waals surface area contributed by atoms with E-state index in [1.807, 2.05) is 39.7 Å². The Morgan fingerprint density at radius 1 is 0.966 bits per heavy atom. The molecule has 0 amide bonds. The number of para-hydroxylation sites is 1. The number of hydrogen-bond donors (Lipinski definition) is 0. The zero-order chi connectivity index (χ0) is 20.5. The van der Waals surface area contributed by atoms with E-state index in [1.165, 1.54) is 12.8 Å². The Morgan fingerprint density at radius 2 is 1.59 bits per heavy atom. The molecule has 29 heavy (non-hydrogen) atoms. The molecule has 0 bridgehead atoms. The lowest BCUT2D eigenvalue weighted by Crippen LogP contribution is -2.10.